The van der Waals surface area contributed by atoms with Gasteiger partial charge in [0.05, 0.1) is 0 Å². The van der Waals surface area contributed by atoms with Gasteiger partial charge in [0.25, 0.3) is 0 Å². The lowest BCUT2D eigenvalue weighted by molar-refractivity contribution is 0.216. The second-order valence-corrected chi connectivity index (χ2v) is 5.43. The van der Waals surface area contributed by atoms with Crippen LogP contribution >= 0.6 is 0 Å². The number of halogens is 2. The zero-order valence-electron chi connectivity index (χ0n) is 10.9. The predicted molar refractivity (Wildman–Crippen MR) is 69.2 cm³/mol. The van der Waals surface area contributed by atoms with Crippen molar-refractivity contribution in [3.8, 4) is 0 Å². The highest BCUT2D eigenvalue weighted by Crippen LogP contribution is 2.44. The molecule has 1 nitrogen and oxygen atoms in total. The predicted octanol–water partition coefficient (Wildman–Crippen LogP) is 3.81. The Morgan fingerprint density at radius 1 is 1.22 bits per heavy atom. The van der Waals surface area contributed by atoms with E-state index in [1.165, 1.54) is 31.0 Å². The first-order valence-corrected chi connectivity index (χ1v) is 6.77. The molecule has 1 aliphatic carbocycles. The molecule has 1 saturated carbocycles. The van der Waals surface area contributed by atoms with E-state index in [9.17, 15) is 8.78 Å². The lowest BCUT2D eigenvalue weighted by atomic mass is 9.74. The van der Waals surface area contributed by atoms with E-state index in [0.29, 0.717) is 6.42 Å². The van der Waals surface area contributed by atoms with Crippen molar-refractivity contribution in [2.45, 2.75) is 51.5 Å². The molecule has 0 amide bonds. The van der Waals surface area contributed by atoms with E-state index in [2.05, 4.69) is 6.92 Å². The fourth-order valence-corrected chi connectivity index (χ4v) is 3.23. The third-order valence-corrected chi connectivity index (χ3v) is 4.58. The van der Waals surface area contributed by atoms with Gasteiger partial charge >= 0.3 is 0 Å². The quantitative estimate of drug-likeness (QED) is 0.867. The van der Waals surface area contributed by atoms with Crippen molar-refractivity contribution in [3.63, 3.8) is 0 Å². The van der Waals surface area contributed by atoms with E-state index in [1.54, 1.807) is 0 Å². The van der Waals surface area contributed by atoms with E-state index in [4.69, 9.17) is 5.73 Å². The molecule has 1 unspecified atom stereocenters. The number of rotatable bonds is 4. The van der Waals surface area contributed by atoms with E-state index in [1.807, 2.05) is 0 Å². The average molecular weight is 253 g/mol. The van der Waals surface area contributed by atoms with E-state index >= 15 is 0 Å². The summed E-state index contributed by atoms with van der Waals surface area (Å²) in [5.41, 5.74) is 6.48. The zero-order valence-corrected chi connectivity index (χ0v) is 10.9. The monoisotopic (exact) mass is 253 g/mol. The molecule has 0 heterocycles. The van der Waals surface area contributed by atoms with E-state index in [0.717, 1.165) is 19.3 Å². The molecular formula is C15H21F2N. The van der Waals surface area contributed by atoms with Gasteiger partial charge in [0.1, 0.15) is 11.6 Å². The highest BCUT2D eigenvalue weighted by molar-refractivity contribution is 5.21. The number of hydrogen-bond acceptors (Lipinski definition) is 1. The average Bonchev–Trinajstić information content (AvgIpc) is 2.84. The maximum absolute atomic E-state index is 13.6. The molecule has 3 heteroatoms. The van der Waals surface area contributed by atoms with Crippen LogP contribution in [0.3, 0.4) is 0 Å². The van der Waals surface area contributed by atoms with Crippen molar-refractivity contribution in [2.24, 2.45) is 11.1 Å². The van der Waals surface area contributed by atoms with Crippen LogP contribution in [0.2, 0.25) is 0 Å². The van der Waals surface area contributed by atoms with E-state index in [-0.39, 0.29) is 17.0 Å². The summed E-state index contributed by atoms with van der Waals surface area (Å²) in [6.45, 7) is 2.13. The minimum Gasteiger partial charge on any atom is -0.327 e. The third kappa shape index (κ3) is 2.41. The fraction of sp³-hybridized carbons (Fsp3) is 0.600. The second-order valence-electron chi connectivity index (χ2n) is 5.43. The molecule has 2 rings (SSSR count). The van der Waals surface area contributed by atoms with Gasteiger partial charge in [-0.2, -0.15) is 0 Å². The Labute approximate surface area is 107 Å². The largest absolute Gasteiger partial charge is 0.327 e. The number of hydrogen-bond donors (Lipinski definition) is 1. The molecule has 18 heavy (non-hydrogen) atoms. The second kappa shape index (κ2) is 5.35. The van der Waals surface area contributed by atoms with Crippen LogP contribution in [-0.4, -0.2) is 6.04 Å². The summed E-state index contributed by atoms with van der Waals surface area (Å²) < 4.78 is 27.3. The minimum atomic E-state index is -0.477. The van der Waals surface area contributed by atoms with Crippen molar-refractivity contribution in [3.05, 3.63) is 35.4 Å². The molecule has 0 aliphatic heterocycles. The van der Waals surface area contributed by atoms with Crippen LogP contribution in [0.4, 0.5) is 8.78 Å². The van der Waals surface area contributed by atoms with Crippen LogP contribution in [0.25, 0.3) is 0 Å². The first-order valence-electron chi connectivity index (χ1n) is 6.77. The first kappa shape index (κ1) is 13.5. The molecule has 1 fully saturated rings. The molecule has 1 atom stereocenters. The third-order valence-electron chi connectivity index (χ3n) is 4.58. The standard InChI is InChI=1S/C15H21F2N/c1-2-15(8-3-4-9-15)14(18)10-11-12(16)6-5-7-13(11)17/h5-7,14H,2-4,8-10,18H2,1H3. The van der Waals surface area contributed by atoms with Crippen molar-refractivity contribution in [1.82, 2.24) is 0 Å². The van der Waals surface area contributed by atoms with Gasteiger partial charge in [-0.3, -0.25) is 0 Å². The van der Waals surface area contributed by atoms with Crippen LogP contribution in [0.15, 0.2) is 18.2 Å². The number of nitrogens with two attached hydrogens (primary N) is 1. The first-order chi connectivity index (χ1) is 8.59. The Bertz CT molecular complexity index is 391. The summed E-state index contributed by atoms with van der Waals surface area (Å²) in [6.07, 6.45) is 5.82. The topological polar surface area (TPSA) is 26.0 Å². The van der Waals surface area contributed by atoms with Crippen LogP contribution in [0.5, 0.6) is 0 Å². The molecule has 1 aromatic carbocycles. The molecule has 0 bridgehead atoms. The number of benzene rings is 1. The van der Waals surface area contributed by atoms with Crippen LogP contribution < -0.4 is 5.73 Å². The van der Waals surface area contributed by atoms with Gasteiger partial charge in [0, 0.05) is 11.6 Å². The molecule has 100 valence electrons. The summed E-state index contributed by atoms with van der Waals surface area (Å²) in [6, 6.07) is 3.85. The highest BCUT2D eigenvalue weighted by atomic mass is 19.1. The van der Waals surface area contributed by atoms with Crippen LogP contribution in [0, 0.1) is 17.0 Å². The van der Waals surface area contributed by atoms with Crippen LogP contribution in [0.1, 0.15) is 44.6 Å². The minimum absolute atomic E-state index is 0.0781. The molecule has 1 aromatic rings. The molecule has 1 aliphatic rings. The Morgan fingerprint density at radius 2 is 1.78 bits per heavy atom. The molecular weight excluding hydrogens is 232 g/mol. The lowest BCUT2D eigenvalue weighted by Gasteiger charge is -2.34. The fourth-order valence-electron chi connectivity index (χ4n) is 3.23. The van der Waals surface area contributed by atoms with Gasteiger partial charge in [-0.15, -0.1) is 0 Å². The summed E-state index contributed by atoms with van der Waals surface area (Å²) >= 11 is 0. The lowest BCUT2D eigenvalue weighted by Crippen LogP contribution is -2.41. The van der Waals surface area contributed by atoms with Crippen molar-refractivity contribution in [1.29, 1.82) is 0 Å². The van der Waals surface area contributed by atoms with Gasteiger partial charge in [0.15, 0.2) is 0 Å². The Morgan fingerprint density at radius 3 is 2.28 bits per heavy atom. The Kier molecular flexibility index (Phi) is 4.00. The van der Waals surface area contributed by atoms with Gasteiger partial charge < -0.3 is 5.73 Å². The van der Waals surface area contributed by atoms with Crippen LogP contribution in [-0.2, 0) is 6.42 Å². The molecule has 0 spiro atoms. The molecule has 2 N–H and O–H groups in total. The molecule has 0 saturated heterocycles. The molecule has 0 radical (unpaired) electrons. The van der Waals surface area contributed by atoms with Crippen molar-refractivity contribution in [2.75, 3.05) is 0 Å². The van der Waals surface area contributed by atoms with Crippen molar-refractivity contribution >= 4 is 0 Å². The van der Waals surface area contributed by atoms with Gasteiger partial charge in [0.2, 0.25) is 0 Å². The van der Waals surface area contributed by atoms with Gasteiger partial charge in [-0.05, 0) is 43.2 Å². The van der Waals surface area contributed by atoms with Crippen molar-refractivity contribution < 1.29 is 8.78 Å². The van der Waals surface area contributed by atoms with E-state index < -0.39 is 11.6 Å². The van der Waals surface area contributed by atoms with Gasteiger partial charge in [-0.1, -0.05) is 25.8 Å². The highest BCUT2D eigenvalue weighted by Gasteiger charge is 2.38. The SMILES string of the molecule is CCC1(C(N)Cc2c(F)cccc2F)CCCC1. The summed E-state index contributed by atoms with van der Waals surface area (Å²) in [7, 11) is 0. The van der Waals surface area contributed by atoms with Gasteiger partial charge in [-0.25, -0.2) is 8.78 Å². The zero-order chi connectivity index (χ0) is 13.2. The summed E-state index contributed by atoms with van der Waals surface area (Å²) in [5, 5.41) is 0. The Balaban J connectivity index is 2.18. The Hall–Kier alpha value is -0.960. The smallest absolute Gasteiger partial charge is 0.129 e. The summed E-state index contributed by atoms with van der Waals surface area (Å²) in [5.74, 6) is -0.954. The summed E-state index contributed by atoms with van der Waals surface area (Å²) in [4.78, 5) is 0. The maximum Gasteiger partial charge on any atom is 0.129 e. The normalized spacial score (nSPS) is 20.0. The maximum atomic E-state index is 13.6. The molecule has 0 aromatic heterocycles.